The second-order valence-corrected chi connectivity index (χ2v) is 13.7. The molecule has 0 spiro atoms. The summed E-state index contributed by atoms with van der Waals surface area (Å²) < 4.78 is 76.5. The summed E-state index contributed by atoms with van der Waals surface area (Å²) in [6.45, 7) is 3.21. The highest BCUT2D eigenvalue weighted by Crippen LogP contribution is 2.32. The van der Waals surface area contributed by atoms with Crippen LogP contribution in [0.4, 0.5) is 10.1 Å². The number of sulfonamides is 2. The Morgan fingerprint density at radius 2 is 1.88 bits per heavy atom. The third-order valence-electron chi connectivity index (χ3n) is 6.83. The number of imidazole rings is 1. The molecular weight excluding hydrogens is 577 g/mol. The van der Waals surface area contributed by atoms with E-state index in [0.717, 1.165) is 28.6 Å². The number of likely N-dealkylation sites (N-methyl/N-ethyl adjacent to an activating group) is 1. The number of aliphatic hydroxyl groups is 1. The minimum absolute atomic E-state index is 0.0248. The number of carbonyl (C=O) groups is 1. The van der Waals surface area contributed by atoms with Crippen molar-refractivity contribution in [2.24, 2.45) is 13.0 Å². The van der Waals surface area contributed by atoms with E-state index < -0.39 is 43.9 Å². The first-order valence-corrected chi connectivity index (χ1v) is 15.6. The van der Waals surface area contributed by atoms with Gasteiger partial charge in [0.1, 0.15) is 17.7 Å². The Hall–Kier alpha value is -3.53. The summed E-state index contributed by atoms with van der Waals surface area (Å²) in [7, 11) is -4.98. The van der Waals surface area contributed by atoms with Gasteiger partial charge in [-0.3, -0.25) is 9.52 Å². The van der Waals surface area contributed by atoms with Gasteiger partial charge in [0.15, 0.2) is 5.03 Å². The molecule has 15 heteroatoms. The van der Waals surface area contributed by atoms with E-state index in [9.17, 15) is 31.1 Å². The van der Waals surface area contributed by atoms with E-state index >= 15 is 0 Å². The number of ether oxygens (including phenoxy) is 1. The third kappa shape index (κ3) is 6.53. The highest BCUT2D eigenvalue weighted by Gasteiger charge is 2.36. The van der Waals surface area contributed by atoms with Crippen LogP contribution in [0.1, 0.15) is 24.2 Å². The molecule has 0 unspecified atom stereocenters. The maximum absolute atomic E-state index is 13.6. The first-order chi connectivity index (χ1) is 19.2. The number of nitrogens with zero attached hydrogens (tertiary/aromatic N) is 4. The van der Waals surface area contributed by atoms with Crippen molar-refractivity contribution in [2.75, 3.05) is 31.5 Å². The number of anilines is 1. The van der Waals surface area contributed by atoms with Gasteiger partial charge in [-0.05, 0) is 49.4 Å². The molecule has 2 heterocycles. The van der Waals surface area contributed by atoms with Crippen molar-refractivity contribution in [3.63, 3.8) is 0 Å². The molecule has 1 aliphatic heterocycles. The number of aliphatic hydroxyl groups excluding tert-OH is 1. The lowest BCUT2D eigenvalue weighted by Crippen LogP contribution is -2.50. The van der Waals surface area contributed by atoms with Gasteiger partial charge in [-0.1, -0.05) is 6.92 Å². The van der Waals surface area contributed by atoms with Gasteiger partial charge in [-0.15, -0.1) is 0 Å². The number of amides is 1. The number of aromatic nitrogens is 2. The molecule has 41 heavy (non-hydrogen) atoms. The van der Waals surface area contributed by atoms with Crippen molar-refractivity contribution in [1.82, 2.24) is 18.8 Å². The van der Waals surface area contributed by atoms with E-state index in [1.165, 1.54) is 47.2 Å². The number of nitrogens with one attached hydrogen (secondary N) is 1. The zero-order chi connectivity index (χ0) is 30.1. The first-order valence-electron chi connectivity index (χ1n) is 12.7. The second kappa shape index (κ2) is 11.8. The highest BCUT2D eigenvalue weighted by atomic mass is 32.2. The quantitative estimate of drug-likeness (QED) is 0.373. The molecule has 1 amide bonds. The largest absolute Gasteiger partial charge is 0.488 e. The van der Waals surface area contributed by atoms with E-state index in [-0.39, 0.29) is 52.5 Å². The number of hydrogen-bond acceptors (Lipinski definition) is 8. The lowest BCUT2D eigenvalue weighted by molar-refractivity contribution is 0.0387. The number of fused-ring (bicyclic) bond motifs is 1. The fourth-order valence-corrected chi connectivity index (χ4v) is 6.56. The van der Waals surface area contributed by atoms with Crippen LogP contribution in [0.15, 0.2) is 64.9 Å². The van der Waals surface area contributed by atoms with E-state index in [1.807, 2.05) is 6.92 Å². The first kappa shape index (κ1) is 30.4. The van der Waals surface area contributed by atoms with Gasteiger partial charge >= 0.3 is 0 Å². The van der Waals surface area contributed by atoms with Crippen LogP contribution in [0.25, 0.3) is 0 Å². The molecule has 222 valence electrons. The Kier molecular flexibility index (Phi) is 8.73. The molecule has 0 saturated heterocycles. The Morgan fingerprint density at radius 1 is 1.20 bits per heavy atom. The van der Waals surface area contributed by atoms with Crippen LogP contribution >= 0.6 is 0 Å². The summed E-state index contributed by atoms with van der Waals surface area (Å²) in [6.07, 6.45) is 2.05. The highest BCUT2D eigenvalue weighted by molar-refractivity contribution is 7.92. The molecule has 4 rings (SSSR count). The van der Waals surface area contributed by atoms with E-state index in [2.05, 4.69) is 9.71 Å². The van der Waals surface area contributed by atoms with E-state index in [1.54, 1.807) is 14.0 Å². The normalized spacial score (nSPS) is 18.8. The molecule has 0 aliphatic carbocycles. The smallest absolute Gasteiger partial charge is 0.261 e. The van der Waals surface area contributed by atoms with Crippen molar-refractivity contribution in [1.29, 1.82) is 0 Å². The molecular formula is C26H32FN5O7S2. The van der Waals surface area contributed by atoms with Crippen LogP contribution in [0, 0.1) is 11.7 Å². The van der Waals surface area contributed by atoms with Crippen molar-refractivity contribution in [2.45, 2.75) is 35.9 Å². The standard InChI is InChI=1S/C26H32FN5O7S2/c1-17-12-32(18(2)15-33)26(34)22-11-20(29-40(35,36)21-8-5-19(27)6-9-21)7-10-23(22)39-24(17)13-31(4)41(37,38)25-14-30(3)16-28-25/h5-11,14,16-18,24,29,33H,12-13,15H2,1-4H3/t17-,18-,24+/m1/s1. The summed E-state index contributed by atoms with van der Waals surface area (Å²) in [5, 5.41) is 9.74. The number of hydrogen-bond donors (Lipinski definition) is 2. The molecule has 12 nitrogen and oxygen atoms in total. The molecule has 0 radical (unpaired) electrons. The summed E-state index contributed by atoms with van der Waals surface area (Å²) in [5.41, 5.74) is 0.0818. The molecule has 2 aromatic carbocycles. The molecule has 0 bridgehead atoms. The van der Waals surface area contributed by atoms with Crippen molar-refractivity contribution in [3.05, 3.63) is 66.4 Å². The Labute approximate surface area is 238 Å². The van der Waals surface area contributed by atoms with Gasteiger partial charge in [0.05, 0.1) is 36.0 Å². The van der Waals surface area contributed by atoms with E-state index in [0.29, 0.717) is 0 Å². The van der Waals surface area contributed by atoms with Gasteiger partial charge in [0.25, 0.3) is 26.0 Å². The maximum atomic E-state index is 13.6. The van der Waals surface area contributed by atoms with Gasteiger partial charge in [0, 0.05) is 38.4 Å². The number of aryl methyl sites for hydroxylation is 1. The molecule has 3 atom stereocenters. The minimum atomic E-state index is -4.10. The fraction of sp³-hybridized carbons (Fsp3) is 0.385. The number of halogens is 1. The Bertz CT molecular complexity index is 1630. The molecule has 1 aliphatic rings. The van der Waals surface area contributed by atoms with Crippen molar-refractivity contribution < 1.29 is 35.9 Å². The summed E-state index contributed by atoms with van der Waals surface area (Å²) in [4.78, 5) is 18.9. The Morgan fingerprint density at radius 3 is 2.49 bits per heavy atom. The minimum Gasteiger partial charge on any atom is -0.488 e. The van der Waals surface area contributed by atoms with Crippen LogP contribution in [-0.4, -0.2) is 85.5 Å². The van der Waals surface area contributed by atoms with E-state index in [4.69, 9.17) is 4.74 Å². The summed E-state index contributed by atoms with van der Waals surface area (Å²) in [5.74, 6) is -1.33. The number of rotatable bonds is 9. The Balaban J connectivity index is 1.68. The van der Waals surface area contributed by atoms with Gasteiger partial charge < -0.3 is 19.3 Å². The molecule has 0 fully saturated rings. The van der Waals surface area contributed by atoms with Crippen LogP contribution in [0.3, 0.4) is 0 Å². The fourth-order valence-electron chi connectivity index (χ4n) is 4.37. The maximum Gasteiger partial charge on any atom is 0.261 e. The molecule has 2 N–H and O–H groups in total. The number of carbonyl (C=O) groups excluding carboxylic acids is 1. The molecule has 1 aromatic heterocycles. The summed E-state index contributed by atoms with van der Waals surface area (Å²) >= 11 is 0. The predicted octanol–water partition coefficient (Wildman–Crippen LogP) is 1.90. The average Bonchev–Trinajstić information content (AvgIpc) is 3.37. The van der Waals surface area contributed by atoms with Gasteiger partial charge in [0.2, 0.25) is 0 Å². The lowest BCUT2D eigenvalue weighted by atomic mass is 9.99. The third-order valence-corrected chi connectivity index (χ3v) is 9.94. The predicted molar refractivity (Wildman–Crippen MR) is 148 cm³/mol. The lowest BCUT2D eigenvalue weighted by Gasteiger charge is -2.38. The van der Waals surface area contributed by atoms with Crippen molar-refractivity contribution in [3.8, 4) is 5.75 Å². The van der Waals surface area contributed by atoms with Crippen LogP contribution in [0.5, 0.6) is 5.75 Å². The van der Waals surface area contributed by atoms with Crippen LogP contribution in [-0.2, 0) is 27.1 Å². The second-order valence-electron chi connectivity index (χ2n) is 10.1. The molecule has 0 saturated carbocycles. The zero-order valence-corrected chi connectivity index (χ0v) is 24.6. The van der Waals surface area contributed by atoms with Gasteiger partial charge in [-0.25, -0.2) is 26.2 Å². The monoisotopic (exact) mass is 609 g/mol. The summed E-state index contributed by atoms with van der Waals surface area (Å²) in [6, 6.07) is 7.83. The molecule has 3 aromatic rings. The van der Waals surface area contributed by atoms with Crippen LogP contribution < -0.4 is 9.46 Å². The van der Waals surface area contributed by atoms with Crippen LogP contribution in [0.2, 0.25) is 0 Å². The average molecular weight is 610 g/mol. The number of benzene rings is 2. The zero-order valence-electron chi connectivity index (χ0n) is 22.9. The SMILES string of the molecule is C[C@@H]1CN([C@H](C)CO)C(=O)c2cc(NS(=O)(=O)c3ccc(F)cc3)ccc2O[C@H]1CN(C)S(=O)(=O)c1cn(C)cn1. The van der Waals surface area contributed by atoms with Crippen molar-refractivity contribution >= 4 is 31.6 Å². The topological polar surface area (TPSA) is 151 Å². The van der Waals surface area contributed by atoms with Gasteiger partial charge in [-0.2, -0.15) is 4.31 Å².